The van der Waals surface area contributed by atoms with Gasteiger partial charge in [0.2, 0.25) is 0 Å². The van der Waals surface area contributed by atoms with Crippen molar-refractivity contribution in [2.24, 2.45) is 17.6 Å². The normalized spacial score (nSPS) is 20.8. The maximum Gasteiger partial charge on any atom is 0.0246 e. The highest BCUT2D eigenvalue weighted by Crippen LogP contribution is 2.24. The van der Waals surface area contributed by atoms with E-state index in [2.05, 4.69) is 37.7 Å². The van der Waals surface area contributed by atoms with Gasteiger partial charge < -0.3 is 10.6 Å². The Labute approximate surface area is 114 Å². The average Bonchev–Trinajstić information content (AvgIpc) is 2.36. The number of hydrogen-bond donors (Lipinski definition) is 1. The monoisotopic (exact) mass is 255 g/mol. The topological polar surface area (TPSA) is 32.5 Å². The van der Waals surface area contributed by atoms with Gasteiger partial charge in [-0.2, -0.15) is 0 Å². The number of rotatable bonds is 7. The lowest BCUT2D eigenvalue weighted by atomic mass is 9.89. The molecule has 1 heterocycles. The summed E-state index contributed by atoms with van der Waals surface area (Å²) in [4.78, 5) is 4.98. The van der Waals surface area contributed by atoms with Gasteiger partial charge in [0.25, 0.3) is 0 Å². The van der Waals surface area contributed by atoms with E-state index in [1.807, 2.05) is 0 Å². The molecular formula is C15H33N3. The molecule has 1 unspecified atom stereocenters. The van der Waals surface area contributed by atoms with Crippen LogP contribution in [-0.4, -0.2) is 56.1 Å². The van der Waals surface area contributed by atoms with Crippen LogP contribution < -0.4 is 5.73 Å². The molecule has 1 atom stereocenters. The molecule has 3 nitrogen and oxygen atoms in total. The van der Waals surface area contributed by atoms with Crippen molar-refractivity contribution in [1.82, 2.24) is 9.80 Å². The lowest BCUT2D eigenvalue weighted by Crippen LogP contribution is -2.49. The summed E-state index contributed by atoms with van der Waals surface area (Å²) in [5.74, 6) is 1.66. The average molecular weight is 255 g/mol. The van der Waals surface area contributed by atoms with E-state index < -0.39 is 0 Å². The van der Waals surface area contributed by atoms with Gasteiger partial charge in [-0.3, -0.25) is 4.90 Å². The quantitative estimate of drug-likeness (QED) is 0.755. The van der Waals surface area contributed by atoms with Crippen molar-refractivity contribution >= 4 is 0 Å². The van der Waals surface area contributed by atoms with Gasteiger partial charge in [-0.05, 0) is 51.9 Å². The van der Waals surface area contributed by atoms with Gasteiger partial charge in [-0.15, -0.1) is 0 Å². The molecule has 18 heavy (non-hydrogen) atoms. The molecule has 2 N–H and O–H groups in total. The Balaban J connectivity index is 2.44. The van der Waals surface area contributed by atoms with Crippen LogP contribution >= 0.6 is 0 Å². The largest absolute Gasteiger partial charge is 0.329 e. The van der Waals surface area contributed by atoms with Gasteiger partial charge >= 0.3 is 0 Å². The minimum atomic E-state index is 0.611. The van der Waals surface area contributed by atoms with Crippen molar-refractivity contribution in [1.29, 1.82) is 0 Å². The first-order valence-electron chi connectivity index (χ1n) is 7.71. The Morgan fingerprint density at radius 2 is 1.72 bits per heavy atom. The summed E-state index contributed by atoms with van der Waals surface area (Å²) in [5.41, 5.74) is 6.02. The van der Waals surface area contributed by atoms with Crippen LogP contribution in [0.15, 0.2) is 0 Å². The van der Waals surface area contributed by atoms with Gasteiger partial charge in [-0.1, -0.05) is 26.7 Å². The lowest BCUT2D eigenvalue weighted by Gasteiger charge is -2.41. The Morgan fingerprint density at radius 3 is 2.11 bits per heavy atom. The van der Waals surface area contributed by atoms with Crippen molar-refractivity contribution in [2.75, 3.05) is 40.3 Å². The van der Waals surface area contributed by atoms with Gasteiger partial charge in [-0.25, -0.2) is 0 Å². The fourth-order valence-corrected chi connectivity index (χ4v) is 3.46. The molecule has 1 aliphatic heterocycles. The Kier molecular flexibility index (Phi) is 7.20. The summed E-state index contributed by atoms with van der Waals surface area (Å²) in [6.07, 6.45) is 5.20. The highest BCUT2D eigenvalue weighted by atomic mass is 15.2. The first-order chi connectivity index (χ1) is 8.62. The minimum Gasteiger partial charge on any atom is -0.329 e. The van der Waals surface area contributed by atoms with Crippen LogP contribution in [-0.2, 0) is 0 Å². The van der Waals surface area contributed by atoms with Crippen LogP contribution in [0, 0.1) is 11.8 Å². The first kappa shape index (κ1) is 15.9. The van der Waals surface area contributed by atoms with Gasteiger partial charge in [0.05, 0.1) is 0 Å². The SMILES string of the molecule is CCC(CC)C(CN)N1CCC(CN(C)C)CC1. The van der Waals surface area contributed by atoms with Crippen molar-refractivity contribution in [3.63, 3.8) is 0 Å². The van der Waals surface area contributed by atoms with Crippen molar-refractivity contribution in [3.05, 3.63) is 0 Å². The summed E-state index contributed by atoms with van der Waals surface area (Å²) < 4.78 is 0. The highest BCUT2D eigenvalue weighted by Gasteiger charge is 2.28. The van der Waals surface area contributed by atoms with Crippen molar-refractivity contribution in [2.45, 2.75) is 45.6 Å². The summed E-state index contributed by atoms with van der Waals surface area (Å²) >= 11 is 0. The van der Waals surface area contributed by atoms with Crippen LogP contribution in [0.3, 0.4) is 0 Å². The fourth-order valence-electron chi connectivity index (χ4n) is 3.46. The number of nitrogens with zero attached hydrogens (tertiary/aromatic N) is 2. The van der Waals surface area contributed by atoms with E-state index in [0.717, 1.165) is 18.4 Å². The molecule has 0 spiro atoms. The van der Waals surface area contributed by atoms with Gasteiger partial charge in [0, 0.05) is 19.1 Å². The summed E-state index contributed by atoms with van der Waals surface area (Å²) in [6, 6.07) is 0.611. The molecule has 0 aromatic carbocycles. The molecule has 1 aliphatic rings. The molecule has 0 amide bonds. The molecule has 0 radical (unpaired) electrons. The molecule has 3 heteroatoms. The number of hydrogen-bond acceptors (Lipinski definition) is 3. The zero-order valence-electron chi connectivity index (χ0n) is 12.9. The maximum absolute atomic E-state index is 6.02. The molecule has 0 saturated carbocycles. The summed E-state index contributed by atoms with van der Waals surface area (Å²) in [5, 5.41) is 0. The number of likely N-dealkylation sites (tertiary alicyclic amines) is 1. The van der Waals surface area contributed by atoms with Crippen molar-refractivity contribution < 1.29 is 0 Å². The van der Waals surface area contributed by atoms with Crippen molar-refractivity contribution in [3.8, 4) is 0 Å². The van der Waals surface area contributed by atoms with Crippen LogP contribution in [0.4, 0.5) is 0 Å². The third-order valence-electron chi connectivity index (χ3n) is 4.58. The van der Waals surface area contributed by atoms with Gasteiger partial charge in [0.1, 0.15) is 0 Å². The second-order valence-electron chi connectivity index (χ2n) is 6.12. The van der Waals surface area contributed by atoms with E-state index >= 15 is 0 Å². The molecule has 0 aliphatic carbocycles. The zero-order valence-corrected chi connectivity index (χ0v) is 12.9. The predicted molar refractivity (Wildman–Crippen MR) is 79.8 cm³/mol. The van der Waals surface area contributed by atoms with Crippen LogP contribution in [0.1, 0.15) is 39.5 Å². The van der Waals surface area contributed by atoms with E-state index in [0.29, 0.717) is 6.04 Å². The first-order valence-corrected chi connectivity index (χ1v) is 7.71. The van der Waals surface area contributed by atoms with E-state index in [1.165, 1.54) is 45.3 Å². The predicted octanol–water partition coefficient (Wildman–Crippen LogP) is 2.02. The molecule has 1 fully saturated rings. The van der Waals surface area contributed by atoms with E-state index in [1.54, 1.807) is 0 Å². The highest BCUT2D eigenvalue weighted by molar-refractivity contribution is 4.83. The second kappa shape index (κ2) is 8.13. The standard InChI is InChI=1S/C15H33N3/c1-5-14(6-2)15(11-16)18-9-7-13(8-10-18)12-17(3)4/h13-15H,5-12,16H2,1-4H3. The third-order valence-corrected chi connectivity index (χ3v) is 4.58. The molecular weight excluding hydrogens is 222 g/mol. The molecule has 0 aromatic heterocycles. The smallest absolute Gasteiger partial charge is 0.0246 e. The fraction of sp³-hybridized carbons (Fsp3) is 1.00. The summed E-state index contributed by atoms with van der Waals surface area (Å²) in [7, 11) is 4.36. The van der Waals surface area contributed by atoms with E-state index in [9.17, 15) is 0 Å². The summed E-state index contributed by atoms with van der Waals surface area (Å²) in [6.45, 7) is 9.16. The Bertz CT molecular complexity index is 206. The van der Waals surface area contributed by atoms with Crippen LogP contribution in [0.25, 0.3) is 0 Å². The molecule has 108 valence electrons. The van der Waals surface area contributed by atoms with Gasteiger partial charge in [0.15, 0.2) is 0 Å². The second-order valence-corrected chi connectivity index (χ2v) is 6.12. The third kappa shape index (κ3) is 4.52. The molecule has 1 saturated heterocycles. The number of piperidine rings is 1. The van der Waals surface area contributed by atoms with Crippen LogP contribution in [0.2, 0.25) is 0 Å². The molecule has 0 aromatic rings. The van der Waals surface area contributed by atoms with Crippen LogP contribution in [0.5, 0.6) is 0 Å². The maximum atomic E-state index is 6.02. The number of nitrogens with two attached hydrogens (primary N) is 1. The Hall–Kier alpha value is -0.120. The van der Waals surface area contributed by atoms with E-state index in [-0.39, 0.29) is 0 Å². The minimum absolute atomic E-state index is 0.611. The zero-order chi connectivity index (χ0) is 13.5. The lowest BCUT2D eigenvalue weighted by molar-refractivity contribution is 0.0875. The van der Waals surface area contributed by atoms with E-state index in [4.69, 9.17) is 5.73 Å². The molecule has 1 rings (SSSR count). The molecule has 0 bridgehead atoms. The Morgan fingerprint density at radius 1 is 1.17 bits per heavy atom.